The molecule has 1 aromatic carbocycles. The fourth-order valence-corrected chi connectivity index (χ4v) is 4.28. The van der Waals surface area contributed by atoms with Crippen LogP contribution in [0.5, 0.6) is 0 Å². The summed E-state index contributed by atoms with van der Waals surface area (Å²) < 4.78 is 29.3. The standard InChI is InChI=1S/C17H16Cl2N4O2S/c1-11-7-17(14(19)9-13(11)18)26(24,25)21-10-12-8-16(23(2)22-12)15-5-3-4-6-20-15/h3-9,21H,10H2,1-2H3. The Morgan fingerprint density at radius 3 is 2.62 bits per heavy atom. The van der Waals surface area contributed by atoms with Crippen molar-refractivity contribution < 1.29 is 8.42 Å². The highest BCUT2D eigenvalue weighted by Crippen LogP contribution is 2.28. The third-order valence-corrected chi connectivity index (χ3v) is 6.08. The number of halogens is 2. The molecule has 9 heteroatoms. The topological polar surface area (TPSA) is 76.9 Å². The highest BCUT2D eigenvalue weighted by atomic mass is 35.5. The van der Waals surface area contributed by atoms with Crippen LogP contribution in [0.15, 0.2) is 47.5 Å². The maximum Gasteiger partial charge on any atom is 0.242 e. The lowest BCUT2D eigenvalue weighted by Crippen LogP contribution is -2.24. The van der Waals surface area contributed by atoms with Gasteiger partial charge >= 0.3 is 0 Å². The number of sulfonamides is 1. The van der Waals surface area contributed by atoms with Crippen molar-refractivity contribution in [3.05, 3.63) is 63.9 Å². The zero-order valence-electron chi connectivity index (χ0n) is 14.1. The third kappa shape index (κ3) is 3.91. The van der Waals surface area contributed by atoms with Gasteiger partial charge in [-0.3, -0.25) is 9.67 Å². The Labute approximate surface area is 161 Å². The first kappa shape index (κ1) is 18.8. The van der Waals surface area contributed by atoms with Gasteiger partial charge in [-0.05, 0) is 42.8 Å². The molecule has 26 heavy (non-hydrogen) atoms. The Morgan fingerprint density at radius 2 is 1.92 bits per heavy atom. The van der Waals surface area contributed by atoms with Crippen LogP contribution in [-0.2, 0) is 23.6 Å². The van der Waals surface area contributed by atoms with Gasteiger partial charge in [-0.1, -0.05) is 29.3 Å². The van der Waals surface area contributed by atoms with E-state index in [1.165, 1.54) is 12.1 Å². The minimum Gasteiger partial charge on any atom is -0.266 e. The fraction of sp³-hybridized carbons (Fsp3) is 0.176. The lowest BCUT2D eigenvalue weighted by atomic mass is 10.2. The first-order chi connectivity index (χ1) is 12.3. The highest BCUT2D eigenvalue weighted by Gasteiger charge is 2.20. The number of nitrogens with one attached hydrogen (secondary N) is 1. The molecule has 6 nitrogen and oxygen atoms in total. The van der Waals surface area contributed by atoms with Crippen molar-refractivity contribution in [3.63, 3.8) is 0 Å². The van der Waals surface area contributed by atoms with E-state index >= 15 is 0 Å². The monoisotopic (exact) mass is 410 g/mol. The molecule has 2 aromatic heterocycles. The van der Waals surface area contributed by atoms with Crippen molar-refractivity contribution in [1.82, 2.24) is 19.5 Å². The number of pyridine rings is 1. The SMILES string of the molecule is Cc1cc(S(=O)(=O)NCc2cc(-c3ccccn3)n(C)n2)c(Cl)cc1Cl. The zero-order chi connectivity index (χ0) is 18.9. The summed E-state index contributed by atoms with van der Waals surface area (Å²) in [7, 11) is -2.02. The number of rotatable bonds is 5. The van der Waals surface area contributed by atoms with E-state index in [1.54, 1.807) is 30.9 Å². The molecule has 0 bridgehead atoms. The Hall–Kier alpha value is -1.93. The summed E-state index contributed by atoms with van der Waals surface area (Å²) in [6, 6.07) is 10.2. The van der Waals surface area contributed by atoms with Gasteiger partial charge in [-0.15, -0.1) is 0 Å². The van der Waals surface area contributed by atoms with Gasteiger partial charge < -0.3 is 0 Å². The normalized spacial score (nSPS) is 11.7. The number of benzene rings is 1. The van der Waals surface area contributed by atoms with Gasteiger partial charge in [0.05, 0.1) is 28.6 Å². The van der Waals surface area contributed by atoms with E-state index in [0.29, 0.717) is 16.3 Å². The van der Waals surface area contributed by atoms with E-state index < -0.39 is 10.0 Å². The molecule has 0 aliphatic heterocycles. The van der Waals surface area contributed by atoms with Crippen LogP contribution in [0.1, 0.15) is 11.3 Å². The molecule has 1 N–H and O–H groups in total. The Kier molecular flexibility index (Phi) is 5.34. The number of aryl methyl sites for hydroxylation is 2. The fourth-order valence-electron chi connectivity index (χ4n) is 2.45. The van der Waals surface area contributed by atoms with E-state index in [4.69, 9.17) is 23.2 Å². The van der Waals surface area contributed by atoms with Gasteiger partial charge in [0.1, 0.15) is 4.90 Å². The molecule has 0 unspecified atom stereocenters. The Balaban J connectivity index is 1.82. The highest BCUT2D eigenvalue weighted by molar-refractivity contribution is 7.89. The van der Waals surface area contributed by atoms with Gasteiger partial charge in [0.2, 0.25) is 10.0 Å². The van der Waals surface area contributed by atoms with Crippen molar-refractivity contribution >= 4 is 33.2 Å². The molecule has 0 radical (unpaired) electrons. The molecule has 136 valence electrons. The van der Waals surface area contributed by atoms with Gasteiger partial charge in [0.25, 0.3) is 0 Å². The molecular formula is C17H16Cl2N4O2S. The number of aromatic nitrogens is 3. The number of hydrogen-bond donors (Lipinski definition) is 1. The lowest BCUT2D eigenvalue weighted by molar-refractivity contribution is 0.579. The average molecular weight is 411 g/mol. The summed E-state index contributed by atoms with van der Waals surface area (Å²) in [4.78, 5) is 4.27. The van der Waals surface area contributed by atoms with Crippen LogP contribution in [0.4, 0.5) is 0 Å². The van der Waals surface area contributed by atoms with Crippen LogP contribution in [0.2, 0.25) is 10.0 Å². The van der Waals surface area contributed by atoms with Crippen molar-refractivity contribution in [2.45, 2.75) is 18.4 Å². The second-order valence-electron chi connectivity index (χ2n) is 5.72. The van der Waals surface area contributed by atoms with E-state index in [1.807, 2.05) is 18.2 Å². The lowest BCUT2D eigenvalue weighted by Gasteiger charge is -2.09. The van der Waals surface area contributed by atoms with Gasteiger partial charge in [-0.25, -0.2) is 13.1 Å². The maximum atomic E-state index is 12.6. The molecule has 0 atom stereocenters. The van der Waals surface area contributed by atoms with Gasteiger partial charge in [0.15, 0.2) is 0 Å². The van der Waals surface area contributed by atoms with Crippen molar-refractivity contribution in [2.24, 2.45) is 7.05 Å². The molecule has 2 heterocycles. The maximum absolute atomic E-state index is 12.6. The molecule has 0 amide bonds. The second-order valence-corrected chi connectivity index (χ2v) is 8.27. The predicted molar refractivity (Wildman–Crippen MR) is 102 cm³/mol. The summed E-state index contributed by atoms with van der Waals surface area (Å²) in [5.74, 6) is 0. The summed E-state index contributed by atoms with van der Waals surface area (Å²) in [5, 5.41) is 4.82. The number of nitrogens with zero attached hydrogens (tertiary/aromatic N) is 3. The summed E-state index contributed by atoms with van der Waals surface area (Å²) >= 11 is 12.0. The minimum atomic E-state index is -3.80. The summed E-state index contributed by atoms with van der Waals surface area (Å²) in [6.07, 6.45) is 1.69. The van der Waals surface area contributed by atoms with Crippen molar-refractivity contribution in [1.29, 1.82) is 0 Å². The van der Waals surface area contributed by atoms with Gasteiger partial charge in [0, 0.05) is 18.3 Å². The largest absolute Gasteiger partial charge is 0.266 e. The molecule has 0 saturated carbocycles. The summed E-state index contributed by atoms with van der Waals surface area (Å²) in [5.41, 5.74) is 2.75. The van der Waals surface area contributed by atoms with Crippen LogP contribution < -0.4 is 4.72 Å². The van der Waals surface area contributed by atoms with Crippen LogP contribution in [0.3, 0.4) is 0 Å². The summed E-state index contributed by atoms with van der Waals surface area (Å²) in [6.45, 7) is 1.75. The Bertz CT molecular complexity index is 1050. The zero-order valence-corrected chi connectivity index (χ0v) is 16.4. The Morgan fingerprint density at radius 1 is 1.15 bits per heavy atom. The van der Waals surface area contributed by atoms with E-state index in [-0.39, 0.29) is 16.5 Å². The first-order valence-electron chi connectivity index (χ1n) is 7.67. The predicted octanol–water partition coefficient (Wildman–Crippen LogP) is 3.58. The van der Waals surface area contributed by atoms with E-state index in [9.17, 15) is 8.42 Å². The van der Waals surface area contributed by atoms with Crippen LogP contribution in [-0.4, -0.2) is 23.2 Å². The molecule has 0 spiro atoms. The van der Waals surface area contributed by atoms with Crippen molar-refractivity contribution in [3.8, 4) is 11.4 Å². The minimum absolute atomic E-state index is 0.0121. The molecule has 0 aliphatic rings. The van der Waals surface area contributed by atoms with Crippen LogP contribution >= 0.6 is 23.2 Å². The first-order valence-corrected chi connectivity index (χ1v) is 9.91. The second kappa shape index (κ2) is 7.36. The number of hydrogen-bond acceptors (Lipinski definition) is 4. The molecule has 0 fully saturated rings. The molecule has 3 aromatic rings. The van der Waals surface area contributed by atoms with Crippen LogP contribution in [0, 0.1) is 6.92 Å². The molecule has 3 rings (SSSR count). The third-order valence-electron chi connectivity index (χ3n) is 3.80. The molecule has 0 saturated heterocycles. The van der Waals surface area contributed by atoms with Crippen molar-refractivity contribution in [2.75, 3.05) is 0 Å². The van der Waals surface area contributed by atoms with E-state index in [0.717, 1.165) is 11.4 Å². The molecule has 0 aliphatic carbocycles. The van der Waals surface area contributed by atoms with E-state index in [2.05, 4.69) is 14.8 Å². The average Bonchev–Trinajstić information content (AvgIpc) is 2.98. The smallest absolute Gasteiger partial charge is 0.242 e. The van der Waals surface area contributed by atoms with Gasteiger partial charge in [-0.2, -0.15) is 5.10 Å². The quantitative estimate of drug-likeness (QED) is 0.697. The van der Waals surface area contributed by atoms with Crippen LogP contribution in [0.25, 0.3) is 11.4 Å². The molecular weight excluding hydrogens is 395 g/mol.